The van der Waals surface area contributed by atoms with Crippen molar-refractivity contribution in [1.29, 1.82) is 0 Å². The topological polar surface area (TPSA) is 55.1 Å². The molecule has 1 aliphatic rings. The van der Waals surface area contributed by atoms with Gasteiger partial charge in [-0.3, -0.25) is 4.79 Å². The molecule has 1 aliphatic carbocycles. The molecule has 1 amide bonds. The van der Waals surface area contributed by atoms with Crippen molar-refractivity contribution in [1.82, 2.24) is 5.32 Å². The number of benzene rings is 1. The fourth-order valence-electron chi connectivity index (χ4n) is 2.48. The lowest BCUT2D eigenvalue weighted by molar-refractivity contribution is -0.122. The highest BCUT2D eigenvalue weighted by atomic mass is 79.9. The Kier molecular flexibility index (Phi) is 6.83. The van der Waals surface area contributed by atoms with Gasteiger partial charge in [0.15, 0.2) is 0 Å². The molecule has 0 heterocycles. The number of carbonyl (C=O) groups is 1. The van der Waals surface area contributed by atoms with E-state index in [1.165, 1.54) is 0 Å². The van der Waals surface area contributed by atoms with Crippen molar-refractivity contribution in [3.05, 3.63) is 34.3 Å². The van der Waals surface area contributed by atoms with Crippen LogP contribution in [0.3, 0.4) is 0 Å². The van der Waals surface area contributed by atoms with Crippen LogP contribution in [-0.4, -0.2) is 11.9 Å². The fourth-order valence-corrected chi connectivity index (χ4v) is 2.92. The quantitative estimate of drug-likeness (QED) is 0.879. The van der Waals surface area contributed by atoms with Crippen molar-refractivity contribution < 1.29 is 4.79 Å². The third-order valence-electron chi connectivity index (χ3n) is 3.54. The van der Waals surface area contributed by atoms with Crippen LogP contribution in [-0.2, 0) is 11.3 Å². The zero-order valence-corrected chi connectivity index (χ0v) is 13.2. The van der Waals surface area contributed by atoms with E-state index in [1.807, 2.05) is 24.3 Å². The number of carbonyl (C=O) groups excluding carboxylic acids is 1. The van der Waals surface area contributed by atoms with Crippen molar-refractivity contribution in [3.63, 3.8) is 0 Å². The van der Waals surface area contributed by atoms with E-state index in [1.54, 1.807) is 0 Å². The lowest BCUT2D eigenvalue weighted by atomic mass is 10.00. The standard InChI is InChI=1S/C14H19BrN2O.ClH/c15-12-5-1-3-10(7-12)9-17-14(18)8-11-4-2-6-13(11)16;/h1,3,5,7,11,13H,2,4,6,8-9,16H2,(H,17,18);1H/t11-,13+;/m0./s1. The van der Waals surface area contributed by atoms with Gasteiger partial charge in [0.1, 0.15) is 0 Å². The molecule has 0 bridgehead atoms. The van der Waals surface area contributed by atoms with Crippen molar-refractivity contribution in [2.24, 2.45) is 11.7 Å². The maximum Gasteiger partial charge on any atom is 0.220 e. The molecule has 2 atom stereocenters. The average molecular weight is 348 g/mol. The predicted molar refractivity (Wildman–Crippen MR) is 83.2 cm³/mol. The molecule has 19 heavy (non-hydrogen) atoms. The number of amides is 1. The molecule has 0 aliphatic heterocycles. The van der Waals surface area contributed by atoms with Crippen LogP contribution < -0.4 is 11.1 Å². The highest BCUT2D eigenvalue weighted by Gasteiger charge is 2.25. The highest BCUT2D eigenvalue weighted by molar-refractivity contribution is 9.10. The molecule has 0 unspecified atom stereocenters. The third kappa shape index (κ3) is 5.13. The Morgan fingerprint density at radius 3 is 2.84 bits per heavy atom. The SMILES string of the molecule is Cl.N[C@@H]1CCC[C@H]1CC(=O)NCc1cccc(Br)c1. The van der Waals surface area contributed by atoms with Gasteiger partial charge in [0.2, 0.25) is 5.91 Å². The van der Waals surface area contributed by atoms with Gasteiger partial charge >= 0.3 is 0 Å². The predicted octanol–water partition coefficient (Wildman–Crippen LogP) is 3.00. The van der Waals surface area contributed by atoms with E-state index in [0.717, 1.165) is 29.3 Å². The molecule has 3 nitrogen and oxygen atoms in total. The number of halogens is 2. The van der Waals surface area contributed by atoms with Gasteiger partial charge in [-0.05, 0) is 36.5 Å². The number of nitrogens with two attached hydrogens (primary N) is 1. The summed E-state index contributed by atoms with van der Waals surface area (Å²) in [4.78, 5) is 11.8. The minimum Gasteiger partial charge on any atom is -0.352 e. The summed E-state index contributed by atoms with van der Waals surface area (Å²) in [7, 11) is 0. The van der Waals surface area contributed by atoms with Crippen LogP contribution in [0.15, 0.2) is 28.7 Å². The Morgan fingerprint density at radius 2 is 2.21 bits per heavy atom. The maximum atomic E-state index is 11.8. The first kappa shape index (κ1) is 16.5. The first-order valence-corrected chi connectivity index (χ1v) is 7.21. The molecule has 0 aromatic heterocycles. The van der Waals surface area contributed by atoms with Crippen molar-refractivity contribution >= 4 is 34.2 Å². The zero-order valence-electron chi connectivity index (χ0n) is 10.8. The molecule has 1 aromatic rings. The first-order chi connectivity index (χ1) is 8.65. The van der Waals surface area contributed by atoms with Crippen LogP contribution in [0.1, 0.15) is 31.2 Å². The van der Waals surface area contributed by atoms with Crippen LogP contribution in [0.5, 0.6) is 0 Å². The fraction of sp³-hybridized carbons (Fsp3) is 0.500. The van der Waals surface area contributed by atoms with Gasteiger partial charge in [-0.15, -0.1) is 12.4 Å². The molecule has 1 saturated carbocycles. The zero-order chi connectivity index (χ0) is 13.0. The van der Waals surface area contributed by atoms with Crippen molar-refractivity contribution in [2.75, 3.05) is 0 Å². The van der Waals surface area contributed by atoms with Gasteiger partial charge in [0, 0.05) is 23.5 Å². The van der Waals surface area contributed by atoms with Gasteiger partial charge in [-0.2, -0.15) is 0 Å². The van der Waals surface area contributed by atoms with Crippen LogP contribution in [0.2, 0.25) is 0 Å². The monoisotopic (exact) mass is 346 g/mol. The lowest BCUT2D eigenvalue weighted by Gasteiger charge is -2.14. The molecule has 5 heteroatoms. The first-order valence-electron chi connectivity index (χ1n) is 6.42. The van der Waals surface area contributed by atoms with E-state index in [0.29, 0.717) is 18.9 Å². The van der Waals surface area contributed by atoms with Crippen LogP contribution in [0.25, 0.3) is 0 Å². The van der Waals surface area contributed by atoms with E-state index in [4.69, 9.17) is 5.73 Å². The van der Waals surface area contributed by atoms with Gasteiger partial charge in [0.05, 0.1) is 0 Å². The van der Waals surface area contributed by atoms with Gasteiger partial charge in [0.25, 0.3) is 0 Å². The number of hydrogen-bond donors (Lipinski definition) is 2. The minimum absolute atomic E-state index is 0. The summed E-state index contributed by atoms with van der Waals surface area (Å²) in [5.74, 6) is 0.477. The molecule has 0 radical (unpaired) electrons. The third-order valence-corrected chi connectivity index (χ3v) is 4.04. The molecular formula is C14H20BrClN2O. The van der Waals surface area contributed by atoms with Crippen LogP contribution in [0, 0.1) is 5.92 Å². The van der Waals surface area contributed by atoms with Gasteiger partial charge in [-0.25, -0.2) is 0 Å². The summed E-state index contributed by atoms with van der Waals surface area (Å²) >= 11 is 3.42. The average Bonchev–Trinajstić information content (AvgIpc) is 2.73. The van der Waals surface area contributed by atoms with E-state index in [2.05, 4.69) is 21.2 Å². The summed E-state index contributed by atoms with van der Waals surface area (Å²) in [6.07, 6.45) is 3.87. The Bertz CT molecular complexity index is 428. The molecule has 1 fully saturated rings. The molecular weight excluding hydrogens is 328 g/mol. The molecule has 1 aromatic carbocycles. The Morgan fingerprint density at radius 1 is 1.42 bits per heavy atom. The van der Waals surface area contributed by atoms with E-state index in [9.17, 15) is 4.79 Å². The number of hydrogen-bond acceptors (Lipinski definition) is 2. The van der Waals surface area contributed by atoms with Gasteiger partial charge < -0.3 is 11.1 Å². The number of rotatable bonds is 4. The Balaban J connectivity index is 0.00000180. The van der Waals surface area contributed by atoms with Crippen molar-refractivity contribution in [2.45, 2.75) is 38.3 Å². The van der Waals surface area contributed by atoms with Crippen LogP contribution in [0.4, 0.5) is 0 Å². The second-order valence-corrected chi connectivity index (χ2v) is 5.88. The number of nitrogens with one attached hydrogen (secondary N) is 1. The Hall–Kier alpha value is -0.580. The minimum atomic E-state index is 0. The maximum absolute atomic E-state index is 11.8. The molecule has 3 N–H and O–H groups in total. The summed E-state index contributed by atoms with van der Waals surface area (Å²) in [5.41, 5.74) is 7.07. The Labute approximate surface area is 128 Å². The lowest BCUT2D eigenvalue weighted by Crippen LogP contribution is -2.31. The molecule has 106 valence electrons. The summed E-state index contributed by atoms with van der Waals surface area (Å²) in [5, 5.41) is 2.96. The molecule has 0 spiro atoms. The van der Waals surface area contributed by atoms with Gasteiger partial charge in [-0.1, -0.05) is 34.5 Å². The normalized spacial score (nSPS) is 21.8. The second-order valence-electron chi connectivity index (χ2n) is 4.97. The summed E-state index contributed by atoms with van der Waals surface area (Å²) in [6.45, 7) is 0.584. The summed E-state index contributed by atoms with van der Waals surface area (Å²) < 4.78 is 1.03. The smallest absolute Gasteiger partial charge is 0.220 e. The largest absolute Gasteiger partial charge is 0.352 e. The van der Waals surface area contributed by atoms with Crippen molar-refractivity contribution in [3.8, 4) is 0 Å². The molecule has 0 saturated heterocycles. The van der Waals surface area contributed by atoms with E-state index in [-0.39, 0.29) is 24.4 Å². The van der Waals surface area contributed by atoms with Crippen LogP contribution >= 0.6 is 28.3 Å². The van der Waals surface area contributed by atoms with E-state index >= 15 is 0 Å². The summed E-state index contributed by atoms with van der Waals surface area (Å²) in [6, 6.07) is 8.18. The molecule has 2 rings (SSSR count). The highest BCUT2D eigenvalue weighted by Crippen LogP contribution is 2.26. The second kappa shape index (κ2) is 7.88. The van der Waals surface area contributed by atoms with E-state index < -0.39 is 0 Å².